The maximum atomic E-state index is 5.95. The van der Waals surface area contributed by atoms with Crippen LogP contribution in [-0.4, -0.2) is 13.2 Å². The zero-order valence-electron chi connectivity index (χ0n) is 11.0. The van der Waals surface area contributed by atoms with Crippen LogP contribution in [0.25, 0.3) is 0 Å². The summed E-state index contributed by atoms with van der Waals surface area (Å²) in [6.07, 6.45) is 0.833. The average molecular weight is 356 g/mol. The Morgan fingerprint density at radius 1 is 0.950 bits per heavy atom. The van der Waals surface area contributed by atoms with Gasteiger partial charge in [0, 0.05) is 22.3 Å². The van der Waals surface area contributed by atoms with E-state index in [1.165, 1.54) is 0 Å². The third-order valence-corrected chi connectivity index (χ3v) is 3.56. The number of ether oxygens (including phenoxy) is 2. The van der Waals surface area contributed by atoms with Crippen LogP contribution in [0.4, 0.5) is 0 Å². The molecule has 0 unspecified atom stereocenters. The second-order valence-corrected chi connectivity index (χ2v) is 5.25. The van der Waals surface area contributed by atoms with E-state index in [0.717, 1.165) is 33.8 Å². The van der Waals surface area contributed by atoms with E-state index in [1.54, 1.807) is 0 Å². The molecule has 0 heterocycles. The Kier molecular flexibility index (Phi) is 6.22. The normalized spacial score (nSPS) is 10.3. The van der Waals surface area contributed by atoms with Gasteiger partial charge >= 0.3 is 0 Å². The Hall–Kier alpha value is -1.19. The predicted molar refractivity (Wildman–Crippen MR) is 86.1 cm³/mol. The van der Waals surface area contributed by atoms with E-state index in [0.29, 0.717) is 13.2 Å². The van der Waals surface area contributed by atoms with Crippen molar-refractivity contribution in [1.29, 1.82) is 0 Å². The minimum absolute atomic E-state index is 0.620. The van der Waals surface area contributed by atoms with Crippen LogP contribution in [0.5, 0.6) is 11.5 Å². The van der Waals surface area contributed by atoms with Crippen LogP contribution in [0.3, 0.4) is 0 Å². The van der Waals surface area contributed by atoms with Gasteiger partial charge in [0.15, 0.2) is 0 Å². The lowest BCUT2D eigenvalue weighted by atomic mass is 10.2. The number of hydrogen-bond acceptors (Lipinski definition) is 2. The quantitative estimate of drug-likeness (QED) is 0.509. The van der Waals surface area contributed by atoms with E-state index < -0.39 is 0 Å². The topological polar surface area (TPSA) is 18.5 Å². The molecule has 0 aliphatic carbocycles. The zero-order valence-corrected chi connectivity index (χ0v) is 13.4. The molecular weight excluding hydrogens is 340 g/mol. The van der Waals surface area contributed by atoms with Gasteiger partial charge in [-0.2, -0.15) is 0 Å². The lowest BCUT2D eigenvalue weighted by Crippen LogP contribution is -2.05. The summed E-state index contributed by atoms with van der Waals surface area (Å²) in [6.45, 7) is 1.26. The van der Waals surface area contributed by atoms with Crippen molar-refractivity contribution >= 4 is 27.5 Å². The van der Waals surface area contributed by atoms with Crippen LogP contribution >= 0.6 is 27.5 Å². The second-order valence-electron chi connectivity index (χ2n) is 4.25. The van der Waals surface area contributed by atoms with Gasteiger partial charge in [0.05, 0.1) is 13.2 Å². The van der Waals surface area contributed by atoms with Crippen molar-refractivity contribution in [1.82, 2.24) is 0 Å². The Labute approximate surface area is 132 Å². The number of hydrogen-bond donors (Lipinski definition) is 0. The zero-order chi connectivity index (χ0) is 14.2. The van der Waals surface area contributed by atoms with Gasteiger partial charge in [-0.05, 0) is 30.3 Å². The van der Waals surface area contributed by atoms with Gasteiger partial charge in [0.2, 0.25) is 0 Å². The third kappa shape index (κ3) is 4.73. The highest BCUT2D eigenvalue weighted by Gasteiger charge is 2.03. The molecule has 2 aromatic carbocycles. The predicted octanol–water partition coefficient (Wildman–Crippen LogP) is 5.08. The molecule has 0 saturated carbocycles. The van der Waals surface area contributed by atoms with Crippen LogP contribution in [0.2, 0.25) is 5.02 Å². The van der Waals surface area contributed by atoms with Crippen molar-refractivity contribution in [2.75, 3.05) is 13.2 Å². The van der Waals surface area contributed by atoms with Crippen molar-refractivity contribution in [3.63, 3.8) is 0 Å². The number of halogens is 2. The minimum atomic E-state index is 0.620. The van der Waals surface area contributed by atoms with Crippen molar-refractivity contribution < 1.29 is 9.47 Å². The Balaban J connectivity index is 1.73. The molecule has 2 aromatic rings. The lowest BCUT2D eigenvalue weighted by Gasteiger charge is -2.11. The second kappa shape index (κ2) is 8.18. The smallest absolute Gasteiger partial charge is 0.123 e. The molecule has 4 heteroatoms. The molecule has 0 aliphatic rings. The number of para-hydroxylation sites is 1. The fourth-order valence-corrected chi connectivity index (χ4v) is 2.37. The van der Waals surface area contributed by atoms with Crippen molar-refractivity contribution in [3.05, 3.63) is 59.1 Å². The van der Waals surface area contributed by atoms with E-state index in [4.69, 9.17) is 21.1 Å². The first-order valence-corrected chi connectivity index (χ1v) is 7.94. The SMILES string of the molecule is Clc1ccc(OCCCOc2ccccc2)c(CBr)c1. The van der Waals surface area contributed by atoms with Crippen LogP contribution in [0.15, 0.2) is 48.5 Å². The fourth-order valence-electron chi connectivity index (χ4n) is 1.74. The van der Waals surface area contributed by atoms with Crippen molar-refractivity contribution in [2.45, 2.75) is 11.8 Å². The van der Waals surface area contributed by atoms with Gasteiger partial charge < -0.3 is 9.47 Å². The average Bonchev–Trinajstić information content (AvgIpc) is 2.49. The van der Waals surface area contributed by atoms with Gasteiger partial charge in [-0.25, -0.2) is 0 Å². The number of alkyl halides is 1. The molecule has 0 spiro atoms. The molecule has 0 radical (unpaired) electrons. The molecule has 0 aliphatic heterocycles. The molecule has 2 rings (SSSR count). The fraction of sp³-hybridized carbons (Fsp3) is 0.250. The number of rotatable bonds is 7. The highest BCUT2D eigenvalue weighted by Crippen LogP contribution is 2.25. The molecule has 0 bridgehead atoms. The van der Waals surface area contributed by atoms with Crippen LogP contribution < -0.4 is 9.47 Å². The summed E-state index contributed by atoms with van der Waals surface area (Å²) in [5.74, 6) is 1.76. The number of benzene rings is 2. The van der Waals surface area contributed by atoms with Gasteiger partial charge in [-0.1, -0.05) is 45.7 Å². The van der Waals surface area contributed by atoms with E-state index >= 15 is 0 Å². The lowest BCUT2D eigenvalue weighted by molar-refractivity contribution is 0.246. The molecule has 0 amide bonds. The van der Waals surface area contributed by atoms with Gasteiger partial charge in [0.25, 0.3) is 0 Å². The Morgan fingerprint density at radius 2 is 1.70 bits per heavy atom. The van der Waals surface area contributed by atoms with E-state index in [2.05, 4.69) is 15.9 Å². The first kappa shape index (κ1) is 15.2. The molecule has 0 N–H and O–H groups in total. The van der Waals surface area contributed by atoms with Crippen molar-refractivity contribution in [3.8, 4) is 11.5 Å². The van der Waals surface area contributed by atoms with Crippen molar-refractivity contribution in [2.24, 2.45) is 0 Å². The summed E-state index contributed by atoms with van der Waals surface area (Å²) >= 11 is 9.38. The summed E-state index contributed by atoms with van der Waals surface area (Å²) < 4.78 is 11.4. The molecule has 0 saturated heterocycles. The summed E-state index contributed by atoms with van der Waals surface area (Å²) in [5.41, 5.74) is 1.06. The summed E-state index contributed by atoms with van der Waals surface area (Å²) in [4.78, 5) is 0. The van der Waals surface area contributed by atoms with E-state index in [1.807, 2.05) is 48.5 Å². The van der Waals surface area contributed by atoms with Crippen LogP contribution in [-0.2, 0) is 5.33 Å². The molecule has 0 fully saturated rings. The first-order valence-electron chi connectivity index (χ1n) is 6.44. The van der Waals surface area contributed by atoms with Gasteiger partial charge in [-0.3, -0.25) is 0 Å². The first-order chi connectivity index (χ1) is 9.79. The molecule has 0 atom stereocenters. The van der Waals surface area contributed by atoms with E-state index in [-0.39, 0.29) is 0 Å². The molecule has 2 nitrogen and oxygen atoms in total. The molecule has 20 heavy (non-hydrogen) atoms. The highest BCUT2D eigenvalue weighted by molar-refractivity contribution is 9.08. The summed E-state index contributed by atoms with van der Waals surface area (Å²) in [6, 6.07) is 15.4. The van der Waals surface area contributed by atoms with Crippen LogP contribution in [0.1, 0.15) is 12.0 Å². The maximum absolute atomic E-state index is 5.95. The van der Waals surface area contributed by atoms with E-state index in [9.17, 15) is 0 Å². The van der Waals surface area contributed by atoms with Crippen LogP contribution in [0, 0.1) is 0 Å². The Morgan fingerprint density at radius 3 is 2.45 bits per heavy atom. The molecular formula is C16H16BrClO2. The molecule has 0 aromatic heterocycles. The maximum Gasteiger partial charge on any atom is 0.123 e. The van der Waals surface area contributed by atoms with Gasteiger partial charge in [-0.15, -0.1) is 0 Å². The minimum Gasteiger partial charge on any atom is -0.493 e. The molecule has 106 valence electrons. The highest BCUT2D eigenvalue weighted by atomic mass is 79.9. The third-order valence-electron chi connectivity index (χ3n) is 2.72. The summed E-state index contributed by atoms with van der Waals surface area (Å²) in [7, 11) is 0. The Bertz CT molecular complexity index is 531. The summed E-state index contributed by atoms with van der Waals surface area (Å²) in [5, 5.41) is 1.45. The largest absolute Gasteiger partial charge is 0.493 e. The standard InChI is InChI=1S/C16H16BrClO2/c17-12-13-11-14(18)7-8-16(13)20-10-4-9-19-15-5-2-1-3-6-15/h1-3,5-8,11H,4,9-10,12H2. The van der Waals surface area contributed by atoms with Gasteiger partial charge in [0.1, 0.15) is 11.5 Å². The monoisotopic (exact) mass is 354 g/mol.